The number of hydrogen-bond donors (Lipinski definition) is 1. The van der Waals surface area contributed by atoms with Crippen LogP contribution in [-0.4, -0.2) is 24.0 Å². The third-order valence-corrected chi connectivity index (χ3v) is 5.09. The molecule has 1 aromatic heterocycles. The number of carbonyl (C=O) groups excluding carboxylic acids is 2. The first-order chi connectivity index (χ1) is 12.0. The Bertz CT molecular complexity index is 819. The van der Waals surface area contributed by atoms with Gasteiger partial charge in [-0.3, -0.25) is 9.59 Å². The lowest BCUT2D eigenvalue weighted by Gasteiger charge is -2.25. The minimum atomic E-state index is -0.365. The van der Waals surface area contributed by atoms with Crippen molar-refractivity contribution >= 4 is 44.4 Å². The summed E-state index contributed by atoms with van der Waals surface area (Å²) in [5.74, 6) is -0.569. The molecule has 0 bridgehead atoms. The number of anilines is 1. The average molecular weight is 409 g/mol. The summed E-state index contributed by atoms with van der Waals surface area (Å²) in [6.45, 7) is 0. The zero-order chi connectivity index (χ0) is 18.0. The number of methoxy groups -OCH3 is 1. The van der Waals surface area contributed by atoms with Gasteiger partial charge in [-0.2, -0.15) is 0 Å². The minimum Gasteiger partial charge on any atom is -0.469 e. The summed E-state index contributed by atoms with van der Waals surface area (Å²) in [6.07, 6.45) is 3.99. The lowest BCUT2D eigenvalue weighted by molar-refractivity contribution is -0.147. The highest BCUT2D eigenvalue weighted by atomic mass is 79.9. The largest absolute Gasteiger partial charge is 0.469 e. The maximum atomic E-state index is 13.9. The van der Waals surface area contributed by atoms with Crippen molar-refractivity contribution in [2.45, 2.75) is 25.7 Å². The first kappa shape index (κ1) is 17.8. The van der Waals surface area contributed by atoms with E-state index in [2.05, 4.69) is 26.2 Å². The molecule has 1 fully saturated rings. The summed E-state index contributed by atoms with van der Waals surface area (Å²) in [7, 11) is 1.38. The molecule has 0 aliphatic heterocycles. The van der Waals surface area contributed by atoms with Crippen LogP contribution >= 0.6 is 15.9 Å². The molecule has 1 heterocycles. The van der Waals surface area contributed by atoms with E-state index >= 15 is 0 Å². The topological polar surface area (TPSA) is 68.3 Å². The predicted molar refractivity (Wildman–Crippen MR) is 95.5 cm³/mol. The maximum Gasteiger partial charge on any atom is 0.308 e. The molecule has 132 valence electrons. The number of hydrogen-bond acceptors (Lipinski definition) is 4. The van der Waals surface area contributed by atoms with Gasteiger partial charge in [-0.25, -0.2) is 9.37 Å². The lowest BCUT2D eigenvalue weighted by Crippen LogP contribution is -2.30. The molecule has 1 N–H and O–H groups in total. The second-order valence-corrected chi connectivity index (χ2v) is 7.15. The Morgan fingerprint density at radius 2 is 1.88 bits per heavy atom. The van der Waals surface area contributed by atoms with Gasteiger partial charge in [-0.05, 0) is 49.3 Å². The van der Waals surface area contributed by atoms with Gasteiger partial charge in [0.1, 0.15) is 11.6 Å². The summed E-state index contributed by atoms with van der Waals surface area (Å²) in [4.78, 5) is 28.1. The van der Waals surface area contributed by atoms with Crippen molar-refractivity contribution in [3.63, 3.8) is 0 Å². The first-order valence-corrected chi connectivity index (χ1v) is 8.90. The molecular weight excluding hydrogens is 391 g/mol. The number of carbonyl (C=O) groups is 2. The summed E-state index contributed by atoms with van der Waals surface area (Å²) in [6, 6.07) is 4.81. The Balaban J connectivity index is 1.67. The van der Waals surface area contributed by atoms with E-state index in [1.807, 2.05) is 0 Å². The molecule has 5 nitrogen and oxygen atoms in total. The van der Waals surface area contributed by atoms with E-state index in [0.29, 0.717) is 46.7 Å². The van der Waals surface area contributed by atoms with E-state index in [4.69, 9.17) is 4.74 Å². The molecule has 1 aromatic carbocycles. The second-order valence-electron chi connectivity index (χ2n) is 6.24. The number of halogens is 2. The van der Waals surface area contributed by atoms with Crippen molar-refractivity contribution in [2.75, 3.05) is 12.4 Å². The zero-order valence-electron chi connectivity index (χ0n) is 13.7. The van der Waals surface area contributed by atoms with E-state index < -0.39 is 0 Å². The Morgan fingerprint density at radius 3 is 2.56 bits per heavy atom. The van der Waals surface area contributed by atoms with Gasteiger partial charge in [-0.15, -0.1) is 0 Å². The van der Waals surface area contributed by atoms with Crippen molar-refractivity contribution in [3.8, 4) is 0 Å². The number of fused-ring (bicyclic) bond motifs is 1. The monoisotopic (exact) mass is 408 g/mol. The lowest BCUT2D eigenvalue weighted by atomic mass is 9.81. The summed E-state index contributed by atoms with van der Waals surface area (Å²) in [5, 5.41) is 3.86. The number of nitrogens with one attached hydrogen (secondary N) is 1. The smallest absolute Gasteiger partial charge is 0.308 e. The molecule has 1 amide bonds. The number of amides is 1. The summed E-state index contributed by atoms with van der Waals surface area (Å²) < 4.78 is 19.3. The molecule has 0 atom stereocenters. The van der Waals surface area contributed by atoms with Crippen molar-refractivity contribution in [3.05, 3.63) is 34.7 Å². The SMILES string of the molecule is COC(=O)C1CCC(C(=O)Nc2cc3cc(Br)cc(F)c3cn2)CC1. The van der Waals surface area contributed by atoms with Gasteiger partial charge in [0, 0.05) is 22.0 Å². The standard InChI is InChI=1S/C18H18BrFN2O3/c1-25-18(24)11-4-2-10(3-5-11)17(23)22-16-7-12-6-13(19)8-15(20)14(12)9-21-16/h6-11H,2-5H2,1H3,(H,21,22,23). The number of pyridine rings is 1. The summed E-state index contributed by atoms with van der Waals surface area (Å²) >= 11 is 3.26. The van der Waals surface area contributed by atoms with Gasteiger partial charge in [0.05, 0.1) is 13.0 Å². The molecule has 2 aromatic rings. The molecule has 0 radical (unpaired) electrons. The number of nitrogens with zero attached hydrogens (tertiary/aromatic N) is 1. The van der Waals surface area contributed by atoms with E-state index in [1.165, 1.54) is 19.4 Å². The van der Waals surface area contributed by atoms with Crippen LogP contribution in [0, 0.1) is 17.7 Å². The molecule has 3 rings (SSSR count). The van der Waals surface area contributed by atoms with Crippen LogP contribution in [0.5, 0.6) is 0 Å². The fourth-order valence-electron chi connectivity index (χ4n) is 3.23. The van der Waals surface area contributed by atoms with Crippen molar-refractivity contribution in [2.24, 2.45) is 11.8 Å². The fraction of sp³-hybridized carbons (Fsp3) is 0.389. The third kappa shape index (κ3) is 3.98. The van der Waals surface area contributed by atoms with Crippen LogP contribution in [0.15, 0.2) is 28.9 Å². The molecule has 7 heteroatoms. The number of benzene rings is 1. The quantitative estimate of drug-likeness (QED) is 0.777. The van der Waals surface area contributed by atoms with Crippen LogP contribution < -0.4 is 5.32 Å². The predicted octanol–water partition coefficient (Wildman–Crippen LogP) is 4.05. The van der Waals surface area contributed by atoms with Crippen LogP contribution in [0.2, 0.25) is 0 Å². The zero-order valence-corrected chi connectivity index (χ0v) is 15.3. The Hall–Kier alpha value is -2.02. The molecule has 0 spiro atoms. The normalized spacial score (nSPS) is 20.3. The first-order valence-electron chi connectivity index (χ1n) is 8.11. The van der Waals surface area contributed by atoms with Gasteiger partial charge in [-0.1, -0.05) is 15.9 Å². The maximum absolute atomic E-state index is 13.9. The van der Waals surface area contributed by atoms with Crippen LogP contribution in [0.3, 0.4) is 0 Å². The highest BCUT2D eigenvalue weighted by Gasteiger charge is 2.30. The van der Waals surface area contributed by atoms with Crippen LogP contribution in [0.25, 0.3) is 10.8 Å². The van der Waals surface area contributed by atoms with Crippen molar-refractivity contribution in [1.82, 2.24) is 4.98 Å². The Labute approximate surface area is 153 Å². The highest BCUT2D eigenvalue weighted by Crippen LogP contribution is 2.31. The van der Waals surface area contributed by atoms with Gasteiger partial charge >= 0.3 is 5.97 Å². The Morgan fingerprint density at radius 1 is 1.20 bits per heavy atom. The van der Waals surface area contributed by atoms with E-state index in [9.17, 15) is 14.0 Å². The van der Waals surface area contributed by atoms with Gasteiger partial charge < -0.3 is 10.1 Å². The van der Waals surface area contributed by atoms with Crippen molar-refractivity contribution in [1.29, 1.82) is 0 Å². The second kappa shape index (κ2) is 7.47. The molecule has 0 saturated heterocycles. The van der Waals surface area contributed by atoms with E-state index in [0.717, 1.165) is 0 Å². The average Bonchev–Trinajstić information content (AvgIpc) is 2.60. The molecule has 1 aliphatic rings. The Kier molecular flexibility index (Phi) is 5.32. The number of rotatable bonds is 3. The highest BCUT2D eigenvalue weighted by molar-refractivity contribution is 9.10. The van der Waals surface area contributed by atoms with Crippen LogP contribution in [0.4, 0.5) is 10.2 Å². The minimum absolute atomic E-state index is 0.117. The van der Waals surface area contributed by atoms with Crippen LogP contribution in [-0.2, 0) is 14.3 Å². The number of aromatic nitrogens is 1. The molecule has 25 heavy (non-hydrogen) atoms. The van der Waals surface area contributed by atoms with Gasteiger partial charge in [0.25, 0.3) is 0 Å². The van der Waals surface area contributed by atoms with E-state index in [1.54, 1.807) is 12.1 Å². The molecule has 1 aliphatic carbocycles. The molecule has 1 saturated carbocycles. The van der Waals surface area contributed by atoms with Gasteiger partial charge in [0.15, 0.2) is 0 Å². The summed E-state index contributed by atoms with van der Waals surface area (Å²) in [5.41, 5.74) is 0. The van der Waals surface area contributed by atoms with Crippen molar-refractivity contribution < 1.29 is 18.7 Å². The number of ether oxygens (including phenoxy) is 1. The number of esters is 1. The van der Waals surface area contributed by atoms with Gasteiger partial charge in [0.2, 0.25) is 5.91 Å². The fourth-order valence-corrected chi connectivity index (χ4v) is 3.68. The van der Waals surface area contributed by atoms with E-state index in [-0.39, 0.29) is 29.5 Å². The van der Waals surface area contributed by atoms with Crippen LogP contribution in [0.1, 0.15) is 25.7 Å². The molecular formula is C18H18BrFN2O3. The third-order valence-electron chi connectivity index (χ3n) is 4.64. The molecule has 0 unspecified atom stereocenters.